The molecule has 1 heterocycles. The largest absolute Gasteiger partial charge is 0.494 e. The predicted octanol–water partition coefficient (Wildman–Crippen LogP) is 5.81. The topological polar surface area (TPSA) is 226 Å². The van der Waals surface area contributed by atoms with Gasteiger partial charge in [0.1, 0.15) is 18.7 Å². The number of aromatic hydroxyl groups is 2. The molecule has 2 aromatic rings. The van der Waals surface area contributed by atoms with Crippen LogP contribution in [-0.2, 0) is 32.3 Å². The van der Waals surface area contributed by atoms with Gasteiger partial charge in [-0.3, -0.25) is 19.0 Å². The molecule has 3 unspecified atom stereocenters. The molecule has 9 N–H and O–H groups in total. The molecule has 1 aromatic carbocycles. The maximum absolute atomic E-state index is 13.5. The van der Waals surface area contributed by atoms with Crippen molar-refractivity contribution in [3.05, 3.63) is 60.2 Å². The number of nitrogens with two attached hydrogens (primary N) is 1. The van der Waals surface area contributed by atoms with Crippen molar-refractivity contribution in [2.75, 3.05) is 11.9 Å². The quantitative estimate of drug-likeness (QED) is 0.0385. The lowest BCUT2D eigenvalue weighted by Gasteiger charge is -2.24. The van der Waals surface area contributed by atoms with E-state index < -0.39 is 36.0 Å². The van der Waals surface area contributed by atoms with Crippen LogP contribution >= 0.6 is 11.8 Å². The first-order valence-corrected chi connectivity index (χ1v) is 19.7. The number of anilines is 1. The summed E-state index contributed by atoms with van der Waals surface area (Å²) in [6.45, 7) is 17.9. The van der Waals surface area contributed by atoms with E-state index >= 15 is 0 Å². The number of hydrogen-bond donors (Lipinski definition) is 8. The van der Waals surface area contributed by atoms with E-state index in [0.717, 1.165) is 12.0 Å². The summed E-state index contributed by atoms with van der Waals surface area (Å²) < 4.78 is 6.36. The molecule has 3 atom stereocenters. The molecule has 0 radical (unpaired) electrons. The molecule has 0 spiro atoms. The molecule has 0 aliphatic carbocycles. The molecule has 0 aliphatic rings. The van der Waals surface area contributed by atoms with Gasteiger partial charge in [0.05, 0.1) is 4.90 Å². The van der Waals surface area contributed by atoms with E-state index in [9.17, 15) is 34.2 Å². The fourth-order valence-corrected chi connectivity index (χ4v) is 6.11. The number of aromatic nitrogens is 1. The Kier molecular flexibility index (Phi) is 19.4. The standard InChI is InChI=1S/C40H61N7O8S/c1-9-27(6)43-39(54)55-24-28-17-19-29(20-18-28)44-35(50)30(15-12-13-21-42-38(41)53)45-36(51)34(25(2)3)46-32(48)16-11-10-14-22-47-33(49)23-31(37(47)52)56-40(7,8)26(4)5/h12,15,17-20,23,25,27,30,34,49,52H,4,9-11,13-14,16,21-22,24H2,1-3,5-8H3,(H,43,54)(H,44,50)(H,45,51)(H,46,48)(H3,41,42,53). The van der Waals surface area contributed by atoms with Crippen LogP contribution in [0.4, 0.5) is 15.3 Å². The van der Waals surface area contributed by atoms with Gasteiger partial charge in [0, 0.05) is 42.1 Å². The van der Waals surface area contributed by atoms with Crippen molar-refractivity contribution in [2.24, 2.45) is 11.7 Å². The SMILES string of the molecule is C=C(C)C(C)(C)Sc1cc(O)n(CCCCCC(=O)NC(C(=O)NC(C=CCCNC(N)=O)C(=O)Nc2ccc(COC(=O)NC(C)CC)cc2)C(C)C)c1O. The number of primary amides is 1. The summed E-state index contributed by atoms with van der Waals surface area (Å²) in [5, 5.41) is 34.6. The van der Waals surface area contributed by atoms with Crippen LogP contribution in [0, 0.1) is 5.92 Å². The van der Waals surface area contributed by atoms with Crippen LogP contribution in [0.1, 0.15) is 92.6 Å². The number of carbonyl (C=O) groups excluding carboxylic acids is 5. The Labute approximate surface area is 334 Å². The van der Waals surface area contributed by atoms with Crippen molar-refractivity contribution in [2.45, 2.75) is 128 Å². The predicted molar refractivity (Wildman–Crippen MR) is 219 cm³/mol. The fourth-order valence-electron chi connectivity index (χ4n) is 5.02. The molecular formula is C40H61N7O8S. The third-order valence-electron chi connectivity index (χ3n) is 9.04. The molecule has 56 heavy (non-hydrogen) atoms. The summed E-state index contributed by atoms with van der Waals surface area (Å²) in [5.41, 5.74) is 7.21. The van der Waals surface area contributed by atoms with E-state index in [4.69, 9.17) is 10.5 Å². The van der Waals surface area contributed by atoms with Gasteiger partial charge >= 0.3 is 12.1 Å². The van der Waals surface area contributed by atoms with E-state index in [0.29, 0.717) is 48.4 Å². The van der Waals surface area contributed by atoms with Crippen LogP contribution in [0.25, 0.3) is 0 Å². The summed E-state index contributed by atoms with van der Waals surface area (Å²) >= 11 is 1.42. The van der Waals surface area contributed by atoms with Crippen LogP contribution < -0.4 is 32.3 Å². The highest BCUT2D eigenvalue weighted by Crippen LogP contribution is 2.44. The average Bonchev–Trinajstić information content (AvgIpc) is 3.38. The fraction of sp³-hybridized carbons (Fsp3) is 0.525. The van der Waals surface area contributed by atoms with E-state index in [1.165, 1.54) is 28.5 Å². The van der Waals surface area contributed by atoms with Gasteiger partial charge in [-0.2, -0.15) is 0 Å². The van der Waals surface area contributed by atoms with Crippen molar-refractivity contribution in [1.29, 1.82) is 0 Å². The van der Waals surface area contributed by atoms with Crippen molar-refractivity contribution < 1.29 is 38.9 Å². The number of carbonyl (C=O) groups is 5. The number of nitrogens with zero attached hydrogens (tertiary/aromatic N) is 1. The minimum absolute atomic E-state index is 0.0143. The van der Waals surface area contributed by atoms with Gasteiger partial charge in [-0.25, -0.2) is 9.59 Å². The number of thioether (sulfide) groups is 1. The number of rotatable bonds is 23. The first-order chi connectivity index (χ1) is 26.3. The summed E-state index contributed by atoms with van der Waals surface area (Å²) in [7, 11) is 0. The summed E-state index contributed by atoms with van der Waals surface area (Å²) in [5.74, 6) is -1.81. The Hall–Kier alpha value is -5.12. The van der Waals surface area contributed by atoms with Crippen molar-refractivity contribution >= 4 is 47.3 Å². The minimum atomic E-state index is -1.13. The number of amides is 6. The van der Waals surface area contributed by atoms with E-state index in [2.05, 4.69) is 33.2 Å². The van der Waals surface area contributed by atoms with Gasteiger partial charge in [0.25, 0.3) is 5.91 Å². The molecule has 310 valence electrons. The van der Waals surface area contributed by atoms with Crippen LogP contribution in [-0.4, -0.2) is 74.0 Å². The maximum Gasteiger partial charge on any atom is 0.407 e. The Morgan fingerprint density at radius 3 is 2.29 bits per heavy atom. The van der Waals surface area contributed by atoms with Crippen LogP contribution in [0.3, 0.4) is 0 Å². The highest BCUT2D eigenvalue weighted by Gasteiger charge is 2.28. The van der Waals surface area contributed by atoms with Gasteiger partial charge < -0.3 is 47.3 Å². The third kappa shape index (κ3) is 16.3. The molecule has 2 rings (SSSR count). The smallest absolute Gasteiger partial charge is 0.407 e. The van der Waals surface area contributed by atoms with Crippen LogP contribution in [0.15, 0.2) is 59.5 Å². The lowest BCUT2D eigenvalue weighted by Crippen LogP contribution is -2.54. The zero-order valence-corrected chi connectivity index (χ0v) is 34.5. The number of urea groups is 1. The van der Waals surface area contributed by atoms with E-state index in [1.807, 2.05) is 34.6 Å². The molecule has 16 heteroatoms. The normalized spacial score (nSPS) is 13.1. The van der Waals surface area contributed by atoms with Crippen molar-refractivity contribution in [1.82, 2.24) is 25.8 Å². The zero-order valence-electron chi connectivity index (χ0n) is 33.7. The van der Waals surface area contributed by atoms with E-state index in [1.54, 1.807) is 44.2 Å². The number of alkyl carbamates (subject to hydrolysis) is 1. The zero-order chi connectivity index (χ0) is 42.0. The highest BCUT2D eigenvalue weighted by atomic mass is 32.2. The average molecular weight is 800 g/mol. The minimum Gasteiger partial charge on any atom is -0.494 e. The molecular weight excluding hydrogens is 739 g/mol. The van der Waals surface area contributed by atoms with Gasteiger partial charge in [-0.1, -0.05) is 63.6 Å². The van der Waals surface area contributed by atoms with Gasteiger partial charge in [0.15, 0.2) is 5.88 Å². The second kappa shape index (κ2) is 23.1. The van der Waals surface area contributed by atoms with Crippen LogP contribution in [0.5, 0.6) is 11.8 Å². The van der Waals surface area contributed by atoms with E-state index in [-0.39, 0.29) is 53.9 Å². The molecule has 1 aromatic heterocycles. The first kappa shape index (κ1) is 47.0. The van der Waals surface area contributed by atoms with Gasteiger partial charge in [-0.05, 0) is 77.0 Å². The van der Waals surface area contributed by atoms with Gasteiger partial charge in [0.2, 0.25) is 17.7 Å². The summed E-state index contributed by atoms with van der Waals surface area (Å²) in [4.78, 5) is 63.5. The number of nitrogens with one attached hydrogen (secondary N) is 5. The van der Waals surface area contributed by atoms with Gasteiger partial charge in [-0.15, -0.1) is 11.8 Å². The Bertz CT molecular complexity index is 1670. The molecule has 15 nitrogen and oxygen atoms in total. The molecule has 0 aliphatic heterocycles. The van der Waals surface area contributed by atoms with Crippen LogP contribution in [0.2, 0.25) is 0 Å². The second-order valence-electron chi connectivity index (χ2n) is 14.5. The Morgan fingerprint density at radius 1 is 1.00 bits per heavy atom. The van der Waals surface area contributed by atoms with Crippen molar-refractivity contribution in [3.8, 4) is 11.8 Å². The maximum atomic E-state index is 13.5. The molecule has 6 amide bonds. The number of benzene rings is 1. The molecule has 0 fully saturated rings. The summed E-state index contributed by atoms with van der Waals surface area (Å²) in [6.07, 6.45) is 5.58. The third-order valence-corrected chi connectivity index (χ3v) is 10.4. The van der Waals surface area contributed by atoms with Crippen molar-refractivity contribution in [3.63, 3.8) is 0 Å². The first-order valence-electron chi connectivity index (χ1n) is 18.9. The monoisotopic (exact) mass is 799 g/mol. The highest BCUT2D eigenvalue weighted by molar-refractivity contribution is 8.01. The second-order valence-corrected chi connectivity index (χ2v) is 16.2. The Morgan fingerprint density at radius 2 is 1.68 bits per heavy atom. The molecule has 0 saturated carbocycles. The lowest BCUT2D eigenvalue weighted by molar-refractivity contribution is -0.131. The Balaban J connectivity index is 1.99. The number of hydrogen-bond acceptors (Lipinski definition) is 9. The lowest BCUT2D eigenvalue weighted by atomic mass is 10.0. The summed E-state index contributed by atoms with van der Waals surface area (Å²) in [6, 6.07) is 5.46. The molecule has 0 bridgehead atoms. The molecule has 0 saturated heterocycles. The number of unbranched alkanes of at least 4 members (excludes halogenated alkanes) is 2. The number of ether oxygens (including phenoxy) is 1.